The van der Waals surface area contributed by atoms with Gasteiger partial charge in [-0.1, -0.05) is 20.8 Å². The largest absolute Gasteiger partial charge is 0.371 e. The van der Waals surface area contributed by atoms with Gasteiger partial charge in [-0.3, -0.25) is 9.59 Å². The zero-order valence-corrected chi connectivity index (χ0v) is 7.42. The molecule has 0 heterocycles. The summed E-state index contributed by atoms with van der Waals surface area (Å²) in [5.74, 6) is -2.25. The van der Waals surface area contributed by atoms with Crippen LogP contribution in [0.4, 0.5) is 0 Å². The number of primary amides is 2. The van der Waals surface area contributed by atoms with Crippen LogP contribution >= 0.6 is 0 Å². The molecule has 0 unspecified atom stereocenters. The molecule has 0 fully saturated rings. The maximum atomic E-state index is 10.8. The number of rotatable bonds is 2. The Morgan fingerprint density at radius 3 is 1.33 bits per heavy atom. The summed E-state index contributed by atoms with van der Waals surface area (Å²) in [6.45, 7) is 4.51. The lowest BCUT2D eigenvalue weighted by Crippen LogP contribution is -2.61. The summed E-state index contributed by atoms with van der Waals surface area (Å²) < 4.78 is 0. The Labute approximate surface area is 70.7 Å². The van der Waals surface area contributed by atoms with Gasteiger partial charge in [-0.2, -0.15) is 0 Å². The molecule has 0 saturated heterocycles. The molecule has 0 saturated carbocycles. The molecule has 5 nitrogen and oxygen atoms in total. The molecule has 0 atom stereocenters. The fourth-order valence-corrected chi connectivity index (χ4v) is 0.861. The zero-order valence-electron chi connectivity index (χ0n) is 7.42. The molecule has 0 bridgehead atoms. The molecular weight excluding hydrogens is 160 g/mol. The van der Waals surface area contributed by atoms with Gasteiger partial charge in [-0.25, -0.2) is 0 Å². The molecule has 5 heteroatoms. The summed E-state index contributed by atoms with van der Waals surface area (Å²) in [7, 11) is 0. The SMILES string of the molecule is CC(C)(C)C(O)(C(N)=O)C(N)=O. The van der Waals surface area contributed by atoms with E-state index in [4.69, 9.17) is 11.5 Å². The zero-order chi connectivity index (χ0) is 10.2. The van der Waals surface area contributed by atoms with Gasteiger partial charge in [0.2, 0.25) is 5.60 Å². The van der Waals surface area contributed by atoms with Crippen molar-refractivity contribution in [1.82, 2.24) is 0 Å². The van der Waals surface area contributed by atoms with Crippen molar-refractivity contribution in [2.45, 2.75) is 26.4 Å². The Morgan fingerprint density at radius 2 is 1.33 bits per heavy atom. The van der Waals surface area contributed by atoms with Crippen LogP contribution < -0.4 is 11.5 Å². The third-order valence-electron chi connectivity index (χ3n) is 1.80. The predicted molar refractivity (Wildman–Crippen MR) is 42.8 cm³/mol. The molecule has 0 aliphatic carbocycles. The number of aliphatic hydroxyl groups is 1. The van der Waals surface area contributed by atoms with Gasteiger partial charge in [0, 0.05) is 5.41 Å². The number of nitrogens with two attached hydrogens (primary N) is 2. The van der Waals surface area contributed by atoms with Gasteiger partial charge < -0.3 is 16.6 Å². The van der Waals surface area contributed by atoms with E-state index in [1.165, 1.54) is 20.8 Å². The normalized spacial score (nSPS) is 12.7. The van der Waals surface area contributed by atoms with Crippen LogP contribution in [0.5, 0.6) is 0 Å². The van der Waals surface area contributed by atoms with Crippen LogP contribution in [0.25, 0.3) is 0 Å². The fraction of sp³-hybridized carbons (Fsp3) is 0.714. The first kappa shape index (κ1) is 10.9. The van der Waals surface area contributed by atoms with Crippen LogP contribution in [0.3, 0.4) is 0 Å². The molecule has 0 spiro atoms. The van der Waals surface area contributed by atoms with Crippen molar-refractivity contribution in [1.29, 1.82) is 0 Å². The highest BCUT2D eigenvalue weighted by Crippen LogP contribution is 2.29. The molecule has 12 heavy (non-hydrogen) atoms. The summed E-state index contributed by atoms with van der Waals surface area (Å²) in [5.41, 5.74) is 6.46. The van der Waals surface area contributed by atoms with Gasteiger partial charge in [0.25, 0.3) is 11.8 Å². The summed E-state index contributed by atoms with van der Waals surface area (Å²) in [4.78, 5) is 21.6. The van der Waals surface area contributed by atoms with E-state index in [1.54, 1.807) is 0 Å². The first-order chi connectivity index (χ1) is 5.14. The monoisotopic (exact) mass is 174 g/mol. The van der Waals surface area contributed by atoms with E-state index >= 15 is 0 Å². The molecular formula is C7H14N2O3. The summed E-state index contributed by atoms with van der Waals surface area (Å²) in [6.07, 6.45) is 0. The van der Waals surface area contributed by atoms with E-state index in [-0.39, 0.29) is 0 Å². The van der Waals surface area contributed by atoms with E-state index in [2.05, 4.69) is 0 Å². The number of hydrogen-bond donors (Lipinski definition) is 3. The van der Waals surface area contributed by atoms with Crippen LogP contribution in [-0.2, 0) is 9.59 Å². The molecule has 5 N–H and O–H groups in total. The molecule has 0 aliphatic rings. The van der Waals surface area contributed by atoms with Gasteiger partial charge in [0.1, 0.15) is 0 Å². The smallest absolute Gasteiger partial charge is 0.259 e. The van der Waals surface area contributed by atoms with Crippen molar-refractivity contribution in [2.75, 3.05) is 0 Å². The Kier molecular flexibility index (Phi) is 2.49. The quantitative estimate of drug-likeness (QED) is 0.454. The lowest BCUT2D eigenvalue weighted by atomic mass is 9.75. The number of amides is 2. The van der Waals surface area contributed by atoms with Crippen molar-refractivity contribution in [2.24, 2.45) is 16.9 Å². The van der Waals surface area contributed by atoms with Gasteiger partial charge in [0.05, 0.1) is 0 Å². The average Bonchev–Trinajstić information content (AvgIpc) is 1.82. The van der Waals surface area contributed by atoms with E-state index in [0.717, 1.165) is 0 Å². The van der Waals surface area contributed by atoms with Gasteiger partial charge in [-0.05, 0) is 0 Å². The summed E-state index contributed by atoms with van der Waals surface area (Å²) >= 11 is 0. The minimum Gasteiger partial charge on any atom is -0.371 e. The third-order valence-corrected chi connectivity index (χ3v) is 1.80. The first-order valence-electron chi connectivity index (χ1n) is 3.46. The second kappa shape index (κ2) is 2.75. The predicted octanol–water partition coefficient (Wildman–Crippen LogP) is -1.27. The van der Waals surface area contributed by atoms with Gasteiger partial charge in [0.15, 0.2) is 0 Å². The first-order valence-corrected chi connectivity index (χ1v) is 3.46. The van der Waals surface area contributed by atoms with Crippen LogP contribution in [0.1, 0.15) is 20.8 Å². The van der Waals surface area contributed by atoms with Crippen LogP contribution in [0.2, 0.25) is 0 Å². The highest BCUT2D eigenvalue weighted by atomic mass is 16.3. The maximum absolute atomic E-state index is 10.8. The molecule has 0 aromatic carbocycles. The Balaban J connectivity index is 5.17. The van der Waals surface area contributed by atoms with E-state index < -0.39 is 22.8 Å². The summed E-state index contributed by atoms with van der Waals surface area (Å²) in [6, 6.07) is 0. The lowest BCUT2D eigenvalue weighted by Gasteiger charge is -2.34. The van der Waals surface area contributed by atoms with Crippen LogP contribution in [0.15, 0.2) is 0 Å². The van der Waals surface area contributed by atoms with E-state index in [1.807, 2.05) is 0 Å². The summed E-state index contributed by atoms with van der Waals surface area (Å²) in [5, 5.41) is 9.55. The van der Waals surface area contributed by atoms with Gasteiger partial charge in [-0.15, -0.1) is 0 Å². The van der Waals surface area contributed by atoms with E-state index in [0.29, 0.717) is 0 Å². The van der Waals surface area contributed by atoms with Crippen molar-refractivity contribution < 1.29 is 14.7 Å². The van der Waals surface area contributed by atoms with Crippen molar-refractivity contribution >= 4 is 11.8 Å². The minimum absolute atomic E-state index is 0.995. The average molecular weight is 174 g/mol. The molecule has 0 aromatic rings. The standard InChI is InChI=1S/C7H14N2O3/c1-6(2,3)7(12,4(8)10)5(9)11/h12H,1-3H3,(H2,8,10)(H2,9,11). The third kappa shape index (κ3) is 1.40. The van der Waals surface area contributed by atoms with Crippen molar-refractivity contribution in [3.05, 3.63) is 0 Å². The van der Waals surface area contributed by atoms with Crippen molar-refractivity contribution in [3.8, 4) is 0 Å². The topological polar surface area (TPSA) is 106 Å². The lowest BCUT2D eigenvalue weighted by molar-refractivity contribution is -0.161. The molecule has 0 aromatic heterocycles. The molecule has 0 radical (unpaired) electrons. The second-order valence-electron chi connectivity index (χ2n) is 3.69. The molecule has 0 rings (SSSR count). The second-order valence-corrected chi connectivity index (χ2v) is 3.69. The van der Waals surface area contributed by atoms with Gasteiger partial charge >= 0.3 is 0 Å². The maximum Gasteiger partial charge on any atom is 0.259 e. The van der Waals surface area contributed by atoms with Crippen LogP contribution in [0, 0.1) is 5.41 Å². The molecule has 0 aliphatic heterocycles. The van der Waals surface area contributed by atoms with Crippen LogP contribution in [-0.4, -0.2) is 22.5 Å². The number of carbonyl (C=O) groups excluding carboxylic acids is 2. The molecule has 70 valence electrons. The van der Waals surface area contributed by atoms with E-state index in [9.17, 15) is 14.7 Å². The number of carbonyl (C=O) groups is 2. The highest BCUT2D eigenvalue weighted by molar-refractivity contribution is 6.07. The Bertz CT molecular complexity index is 203. The Morgan fingerprint density at radius 1 is 1.08 bits per heavy atom. The minimum atomic E-state index is -2.28. The highest BCUT2D eigenvalue weighted by Gasteiger charge is 2.51. The Hall–Kier alpha value is -1.10. The molecule has 2 amide bonds. The van der Waals surface area contributed by atoms with Crippen molar-refractivity contribution in [3.63, 3.8) is 0 Å². The fourth-order valence-electron chi connectivity index (χ4n) is 0.861. The number of hydrogen-bond acceptors (Lipinski definition) is 3.